The zero-order valence-corrected chi connectivity index (χ0v) is 14.5. The summed E-state index contributed by atoms with van der Waals surface area (Å²) in [4.78, 5) is 30.4. The maximum Gasteiger partial charge on any atom is 0.329 e. The molecule has 23 heavy (non-hydrogen) atoms. The molecule has 124 valence electrons. The SMILES string of the molecule is CC(C(=O)OC1CCCCC1)N1C(=O)COc2ccc(Br)nc21. The van der Waals surface area contributed by atoms with Crippen molar-refractivity contribution in [1.82, 2.24) is 4.98 Å². The van der Waals surface area contributed by atoms with E-state index in [9.17, 15) is 9.59 Å². The van der Waals surface area contributed by atoms with Crippen LogP contribution < -0.4 is 9.64 Å². The second kappa shape index (κ2) is 6.86. The van der Waals surface area contributed by atoms with Gasteiger partial charge in [0, 0.05) is 0 Å². The molecular formula is C16H19BrN2O4. The fraction of sp³-hybridized carbons (Fsp3) is 0.562. The number of nitrogens with zero attached hydrogens (tertiary/aromatic N) is 2. The van der Waals surface area contributed by atoms with Crippen LogP contribution in [0.5, 0.6) is 5.75 Å². The number of rotatable bonds is 3. The van der Waals surface area contributed by atoms with Gasteiger partial charge in [-0.2, -0.15) is 0 Å². The Hall–Kier alpha value is -1.63. The highest BCUT2D eigenvalue weighted by Gasteiger charge is 2.36. The highest BCUT2D eigenvalue weighted by atomic mass is 79.9. The minimum atomic E-state index is -0.728. The van der Waals surface area contributed by atoms with E-state index in [1.54, 1.807) is 19.1 Å². The fourth-order valence-corrected chi connectivity index (χ4v) is 3.28. The van der Waals surface area contributed by atoms with E-state index in [0.717, 1.165) is 25.7 Å². The van der Waals surface area contributed by atoms with Crippen molar-refractivity contribution in [1.29, 1.82) is 0 Å². The van der Waals surface area contributed by atoms with Crippen molar-refractivity contribution in [3.63, 3.8) is 0 Å². The van der Waals surface area contributed by atoms with Gasteiger partial charge >= 0.3 is 5.97 Å². The molecule has 1 fully saturated rings. The first-order valence-corrected chi connectivity index (χ1v) is 8.67. The number of amides is 1. The van der Waals surface area contributed by atoms with Gasteiger partial charge in [0.15, 0.2) is 18.2 Å². The van der Waals surface area contributed by atoms with Crippen LogP contribution in [0.1, 0.15) is 39.0 Å². The zero-order chi connectivity index (χ0) is 16.4. The van der Waals surface area contributed by atoms with Crippen LogP contribution in [0.3, 0.4) is 0 Å². The monoisotopic (exact) mass is 382 g/mol. The quantitative estimate of drug-likeness (QED) is 0.593. The van der Waals surface area contributed by atoms with E-state index < -0.39 is 6.04 Å². The molecule has 0 bridgehead atoms. The average Bonchev–Trinajstić information content (AvgIpc) is 2.55. The summed E-state index contributed by atoms with van der Waals surface area (Å²) in [5.74, 6) is 0.157. The number of fused-ring (bicyclic) bond motifs is 1. The molecule has 0 saturated heterocycles. The van der Waals surface area contributed by atoms with E-state index >= 15 is 0 Å². The lowest BCUT2D eigenvalue weighted by Crippen LogP contribution is -2.49. The molecule has 1 aliphatic heterocycles. The van der Waals surface area contributed by atoms with Crippen LogP contribution in [-0.4, -0.2) is 35.6 Å². The third-order valence-corrected chi connectivity index (χ3v) is 4.66. The van der Waals surface area contributed by atoms with Crippen molar-refractivity contribution in [2.75, 3.05) is 11.5 Å². The lowest BCUT2D eigenvalue weighted by molar-refractivity contribution is -0.152. The number of esters is 1. The van der Waals surface area contributed by atoms with Gasteiger partial charge < -0.3 is 9.47 Å². The maximum absolute atomic E-state index is 12.5. The van der Waals surface area contributed by atoms with E-state index in [0.29, 0.717) is 16.2 Å². The predicted molar refractivity (Wildman–Crippen MR) is 87.3 cm³/mol. The summed E-state index contributed by atoms with van der Waals surface area (Å²) in [6.45, 7) is 1.57. The molecule has 0 aromatic carbocycles. The number of anilines is 1. The third kappa shape index (κ3) is 3.49. The lowest BCUT2D eigenvalue weighted by atomic mass is 9.98. The second-order valence-electron chi connectivity index (χ2n) is 5.88. The number of pyridine rings is 1. The molecule has 1 aromatic heterocycles. The molecular weight excluding hydrogens is 364 g/mol. The molecule has 1 unspecified atom stereocenters. The highest BCUT2D eigenvalue weighted by Crippen LogP contribution is 2.33. The summed E-state index contributed by atoms with van der Waals surface area (Å²) < 4.78 is 11.5. The molecule has 1 amide bonds. The molecule has 0 spiro atoms. The number of ether oxygens (including phenoxy) is 2. The summed E-state index contributed by atoms with van der Waals surface area (Å²) in [6, 6.07) is 2.73. The van der Waals surface area contributed by atoms with E-state index in [2.05, 4.69) is 20.9 Å². The van der Waals surface area contributed by atoms with Gasteiger partial charge in [-0.25, -0.2) is 9.78 Å². The molecule has 1 aliphatic carbocycles. The smallest absolute Gasteiger partial charge is 0.329 e. The Morgan fingerprint density at radius 1 is 1.39 bits per heavy atom. The van der Waals surface area contributed by atoms with Gasteiger partial charge in [0.25, 0.3) is 5.91 Å². The Kier molecular flexibility index (Phi) is 4.84. The van der Waals surface area contributed by atoms with Crippen LogP contribution in [0.15, 0.2) is 16.7 Å². The highest BCUT2D eigenvalue weighted by molar-refractivity contribution is 9.10. The van der Waals surface area contributed by atoms with E-state index in [-0.39, 0.29) is 24.6 Å². The van der Waals surface area contributed by atoms with Crippen LogP contribution in [0.4, 0.5) is 5.82 Å². The Bertz CT molecular complexity index is 616. The fourth-order valence-electron chi connectivity index (χ4n) is 2.98. The normalized spacial score (nSPS) is 19.7. The Balaban J connectivity index is 1.78. The van der Waals surface area contributed by atoms with E-state index in [1.807, 2.05) is 0 Å². The van der Waals surface area contributed by atoms with Gasteiger partial charge in [-0.15, -0.1) is 0 Å². The summed E-state index contributed by atoms with van der Waals surface area (Å²) in [6.07, 6.45) is 5.12. The van der Waals surface area contributed by atoms with Gasteiger partial charge in [-0.05, 0) is 60.7 Å². The molecule has 0 N–H and O–H groups in total. The minimum absolute atomic E-state index is 0.0372. The molecule has 1 aromatic rings. The van der Waals surface area contributed by atoms with Crippen LogP contribution in [-0.2, 0) is 14.3 Å². The number of halogens is 1. The largest absolute Gasteiger partial charge is 0.480 e. The summed E-state index contributed by atoms with van der Waals surface area (Å²) >= 11 is 3.28. The van der Waals surface area contributed by atoms with Gasteiger partial charge in [0.2, 0.25) is 0 Å². The van der Waals surface area contributed by atoms with Crippen molar-refractivity contribution < 1.29 is 19.1 Å². The molecule has 6 nitrogen and oxygen atoms in total. The average molecular weight is 383 g/mol. The van der Waals surface area contributed by atoms with Crippen molar-refractivity contribution in [2.45, 2.75) is 51.2 Å². The molecule has 3 rings (SSSR count). The topological polar surface area (TPSA) is 68.7 Å². The van der Waals surface area contributed by atoms with Crippen molar-refractivity contribution >= 4 is 33.6 Å². The number of aromatic nitrogens is 1. The van der Waals surface area contributed by atoms with Gasteiger partial charge in [0.05, 0.1) is 0 Å². The first-order chi connectivity index (χ1) is 11.1. The molecule has 7 heteroatoms. The molecule has 2 heterocycles. The molecule has 2 aliphatic rings. The predicted octanol–water partition coefficient (Wildman–Crippen LogP) is 2.83. The van der Waals surface area contributed by atoms with Crippen molar-refractivity contribution in [2.24, 2.45) is 0 Å². The standard InChI is InChI=1S/C16H19BrN2O4/c1-10(16(21)23-11-5-3-2-4-6-11)19-14(20)9-22-12-7-8-13(17)18-15(12)19/h7-8,10-11H,2-6,9H2,1H3. The van der Waals surface area contributed by atoms with Gasteiger partial charge in [-0.1, -0.05) is 6.42 Å². The number of carbonyl (C=O) groups is 2. The second-order valence-corrected chi connectivity index (χ2v) is 6.69. The number of hydrogen-bond acceptors (Lipinski definition) is 5. The van der Waals surface area contributed by atoms with Crippen molar-refractivity contribution in [3.8, 4) is 5.75 Å². The first-order valence-electron chi connectivity index (χ1n) is 7.88. The zero-order valence-electron chi connectivity index (χ0n) is 13.0. The lowest BCUT2D eigenvalue weighted by Gasteiger charge is -2.33. The van der Waals surface area contributed by atoms with Crippen LogP contribution in [0.2, 0.25) is 0 Å². The van der Waals surface area contributed by atoms with Gasteiger partial charge in [-0.3, -0.25) is 9.69 Å². The summed E-state index contributed by atoms with van der Waals surface area (Å²) in [5.41, 5.74) is 0. The third-order valence-electron chi connectivity index (χ3n) is 4.22. The Morgan fingerprint density at radius 2 is 2.13 bits per heavy atom. The minimum Gasteiger partial charge on any atom is -0.480 e. The maximum atomic E-state index is 12.5. The van der Waals surface area contributed by atoms with Crippen LogP contribution in [0.25, 0.3) is 0 Å². The Morgan fingerprint density at radius 3 is 2.87 bits per heavy atom. The first kappa shape index (κ1) is 16.2. The van der Waals surface area contributed by atoms with Gasteiger partial charge in [0.1, 0.15) is 16.7 Å². The number of carbonyl (C=O) groups excluding carboxylic acids is 2. The van der Waals surface area contributed by atoms with E-state index in [1.165, 1.54) is 11.3 Å². The molecule has 0 radical (unpaired) electrons. The summed E-state index contributed by atoms with van der Waals surface area (Å²) in [5, 5.41) is 0. The molecule has 1 atom stereocenters. The van der Waals surface area contributed by atoms with Crippen LogP contribution in [0, 0.1) is 0 Å². The van der Waals surface area contributed by atoms with E-state index in [4.69, 9.17) is 9.47 Å². The molecule has 1 saturated carbocycles. The van der Waals surface area contributed by atoms with Crippen LogP contribution >= 0.6 is 15.9 Å². The summed E-state index contributed by atoms with van der Waals surface area (Å²) in [7, 11) is 0. The van der Waals surface area contributed by atoms with Crippen molar-refractivity contribution in [3.05, 3.63) is 16.7 Å². The number of hydrogen-bond donors (Lipinski definition) is 0. The Labute approximate surface area is 143 Å².